The van der Waals surface area contributed by atoms with Gasteiger partial charge in [0.2, 0.25) is 0 Å². The van der Waals surface area contributed by atoms with Crippen LogP contribution in [0.1, 0.15) is 26.7 Å². The lowest BCUT2D eigenvalue weighted by Gasteiger charge is -2.31. The highest BCUT2D eigenvalue weighted by atomic mass is 16.5. The van der Waals surface area contributed by atoms with E-state index in [0.29, 0.717) is 18.1 Å². The van der Waals surface area contributed by atoms with Gasteiger partial charge in [-0.05, 0) is 32.2 Å². The van der Waals surface area contributed by atoms with E-state index in [2.05, 4.69) is 19.2 Å². The van der Waals surface area contributed by atoms with Gasteiger partial charge in [0, 0.05) is 20.3 Å². The Morgan fingerprint density at radius 1 is 1.50 bits per heavy atom. The topological polar surface area (TPSA) is 30.5 Å². The van der Waals surface area contributed by atoms with Gasteiger partial charge in [0.25, 0.3) is 0 Å². The zero-order valence-corrected chi connectivity index (χ0v) is 9.58. The Bertz CT molecular complexity index is 152. The number of hydrogen-bond acceptors (Lipinski definition) is 3. The number of piperidine rings is 1. The van der Waals surface area contributed by atoms with Crippen molar-refractivity contribution in [3.05, 3.63) is 0 Å². The molecule has 1 aliphatic rings. The van der Waals surface area contributed by atoms with Crippen LogP contribution in [0.15, 0.2) is 0 Å². The molecule has 0 saturated carbocycles. The number of hydrogen-bond donors (Lipinski definition) is 1. The van der Waals surface area contributed by atoms with Crippen molar-refractivity contribution in [3.8, 4) is 0 Å². The largest absolute Gasteiger partial charge is 0.385 e. The van der Waals surface area contributed by atoms with Crippen LogP contribution in [0.3, 0.4) is 0 Å². The van der Waals surface area contributed by atoms with Crippen LogP contribution in [0.4, 0.5) is 0 Å². The van der Waals surface area contributed by atoms with Crippen molar-refractivity contribution in [2.75, 3.05) is 26.8 Å². The maximum absolute atomic E-state index is 5.96. The Morgan fingerprint density at radius 3 is 2.93 bits per heavy atom. The van der Waals surface area contributed by atoms with Gasteiger partial charge in [0.05, 0.1) is 12.2 Å². The first-order chi connectivity index (χ1) is 6.74. The van der Waals surface area contributed by atoms with Crippen molar-refractivity contribution in [2.24, 2.45) is 5.92 Å². The molecule has 84 valence electrons. The molecule has 1 N–H and O–H groups in total. The van der Waals surface area contributed by atoms with Crippen LogP contribution in [0.5, 0.6) is 0 Å². The Hall–Kier alpha value is -0.120. The second-order valence-electron chi connectivity index (χ2n) is 4.24. The quantitative estimate of drug-likeness (QED) is 0.730. The molecule has 1 aliphatic heterocycles. The molecule has 0 radical (unpaired) electrons. The summed E-state index contributed by atoms with van der Waals surface area (Å²) in [6.07, 6.45) is 2.90. The van der Waals surface area contributed by atoms with Crippen molar-refractivity contribution in [1.82, 2.24) is 5.32 Å². The van der Waals surface area contributed by atoms with Gasteiger partial charge in [-0.25, -0.2) is 0 Å². The number of ether oxygens (including phenoxy) is 2. The SMILES string of the molecule is COCCC(C)OC1CNCCC1C. The Labute approximate surface area is 87.2 Å². The van der Waals surface area contributed by atoms with Gasteiger partial charge in [0.15, 0.2) is 0 Å². The van der Waals surface area contributed by atoms with Crippen molar-refractivity contribution in [2.45, 2.75) is 38.9 Å². The molecule has 1 rings (SSSR count). The minimum atomic E-state index is 0.308. The minimum Gasteiger partial charge on any atom is -0.385 e. The first kappa shape index (κ1) is 12.0. The number of nitrogens with one attached hydrogen (secondary N) is 1. The standard InChI is InChI=1S/C11H23NO2/c1-9-4-6-12-8-11(9)14-10(2)5-7-13-3/h9-12H,4-8H2,1-3H3. The van der Waals surface area contributed by atoms with Crippen LogP contribution < -0.4 is 5.32 Å². The van der Waals surface area contributed by atoms with Crippen LogP contribution in [-0.4, -0.2) is 39.0 Å². The van der Waals surface area contributed by atoms with E-state index in [-0.39, 0.29) is 0 Å². The first-order valence-electron chi connectivity index (χ1n) is 5.59. The highest BCUT2D eigenvalue weighted by molar-refractivity contribution is 4.76. The fraction of sp³-hybridized carbons (Fsp3) is 1.00. The van der Waals surface area contributed by atoms with Gasteiger partial charge in [-0.15, -0.1) is 0 Å². The Balaban J connectivity index is 2.20. The molecule has 0 amide bonds. The summed E-state index contributed by atoms with van der Waals surface area (Å²) < 4.78 is 11.0. The van der Waals surface area contributed by atoms with E-state index in [9.17, 15) is 0 Å². The molecule has 14 heavy (non-hydrogen) atoms. The Kier molecular flexibility index (Phi) is 5.45. The summed E-state index contributed by atoms with van der Waals surface area (Å²) in [5, 5.41) is 3.37. The van der Waals surface area contributed by atoms with Gasteiger partial charge in [-0.3, -0.25) is 0 Å². The van der Waals surface area contributed by atoms with E-state index in [1.165, 1.54) is 6.42 Å². The summed E-state index contributed by atoms with van der Waals surface area (Å²) >= 11 is 0. The lowest BCUT2D eigenvalue weighted by atomic mass is 9.97. The van der Waals surface area contributed by atoms with Crippen LogP contribution in [0.25, 0.3) is 0 Å². The van der Waals surface area contributed by atoms with Crippen molar-refractivity contribution >= 4 is 0 Å². The van der Waals surface area contributed by atoms with E-state index in [0.717, 1.165) is 26.1 Å². The normalized spacial score (nSPS) is 30.2. The molecule has 3 nitrogen and oxygen atoms in total. The highest BCUT2D eigenvalue weighted by Crippen LogP contribution is 2.17. The van der Waals surface area contributed by atoms with E-state index in [1.54, 1.807) is 7.11 Å². The average molecular weight is 201 g/mol. The molecule has 0 aliphatic carbocycles. The van der Waals surface area contributed by atoms with Crippen LogP contribution >= 0.6 is 0 Å². The van der Waals surface area contributed by atoms with Gasteiger partial charge in [-0.2, -0.15) is 0 Å². The molecule has 0 spiro atoms. The molecular formula is C11H23NO2. The molecule has 0 aromatic heterocycles. The molecule has 1 fully saturated rings. The third kappa shape index (κ3) is 3.95. The zero-order chi connectivity index (χ0) is 10.4. The monoisotopic (exact) mass is 201 g/mol. The number of rotatable bonds is 5. The molecule has 1 saturated heterocycles. The fourth-order valence-corrected chi connectivity index (χ4v) is 1.79. The maximum Gasteiger partial charge on any atom is 0.0729 e. The smallest absolute Gasteiger partial charge is 0.0729 e. The maximum atomic E-state index is 5.96. The molecule has 0 aromatic rings. The lowest BCUT2D eigenvalue weighted by Crippen LogP contribution is -2.42. The zero-order valence-electron chi connectivity index (χ0n) is 9.58. The summed E-state index contributed by atoms with van der Waals surface area (Å²) in [6, 6.07) is 0. The number of methoxy groups -OCH3 is 1. The molecule has 3 atom stereocenters. The average Bonchev–Trinajstić information content (AvgIpc) is 2.18. The molecule has 3 heteroatoms. The van der Waals surface area contributed by atoms with E-state index >= 15 is 0 Å². The second-order valence-corrected chi connectivity index (χ2v) is 4.24. The van der Waals surface area contributed by atoms with Gasteiger partial charge in [-0.1, -0.05) is 6.92 Å². The van der Waals surface area contributed by atoms with Crippen molar-refractivity contribution < 1.29 is 9.47 Å². The van der Waals surface area contributed by atoms with Crippen LogP contribution in [0.2, 0.25) is 0 Å². The summed E-state index contributed by atoms with van der Waals surface area (Å²) in [4.78, 5) is 0. The third-order valence-corrected chi connectivity index (χ3v) is 2.89. The second kappa shape index (κ2) is 6.38. The minimum absolute atomic E-state index is 0.308. The van der Waals surface area contributed by atoms with Crippen molar-refractivity contribution in [3.63, 3.8) is 0 Å². The summed E-state index contributed by atoms with van der Waals surface area (Å²) in [7, 11) is 1.73. The van der Waals surface area contributed by atoms with Crippen molar-refractivity contribution in [1.29, 1.82) is 0 Å². The van der Waals surface area contributed by atoms with Crippen LogP contribution in [-0.2, 0) is 9.47 Å². The summed E-state index contributed by atoms with van der Waals surface area (Å²) in [5.41, 5.74) is 0. The lowest BCUT2D eigenvalue weighted by molar-refractivity contribution is -0.0497. The highest BCUT2D eigenvalue weighted by Gasteiger charge is 2.23. The van der Waals surface area contributed by atoms with Gasteiger partial charge >= 0.3 is 0 Å². The van der Waals surface area contributed by atoms with Gasteiger partial charge in [0.1, 0.15) is 0 Å². The molecule has 0 aromatic carbocycles. The molecule has 3 unspecified atom stereocenters. The Morgan fingerprint density at radius 2 is 2.29 bits per heavy atom. The molecule has 1 heterocycles. The third-order valence-electron chi connectivity index (χ3n) is 2.89. The predicted octanol–water partition coefficient (Wildman–Crippen LogP) is 1.43. The summed E-state index contributed by atoms with van der Waals surface area (Å²) in [6.45, 7) is 7.32. The van der Waals surface area contributed by atoms with E-state index in [1.807, 2.05) is 0 Å². The molecule has 0 bridgehead atoms. The van der Waals surface area contributed by atoms with E-state index < -0.39 is 0 Å². The predicted molar refractivity (Wildman–Crippen MR) is 57.5 cm³/mol. The summed E-state index contributed by atoms with van der Waals surface area (Å²) in [5.74, 6) is 0.682. The van der Waals surface area contributed by atoms with Gasteiger partial charge < -0.3 is 14.8 Å². The fourth-order valence-electron chi connectivity index (χ4n) is 1.79. The van der Waals surface area contributed by atoms with Crippen LogP contribution in [0, 0.1) is 5.92 Å². The first-order valence-corrected chi connectivity index (χ1v) is 5.59. The molecular weight excluding hydrogens is 178 g/mol. The van der Waals surface area contributed by atoms with E-state index in [4.69, 9.17) is 9.47 Å².